The third-order valence-electron chi connectivity index (χ3n) is 4.38. The first kappa shape index (κ1) is 22.0. The minimum Gasteiger partial charge on any atom is -0.363 e. The molecule has 1 aromatic heterocycles. The maximum absolute atomic E-state index is 12.6. The zero-order chi connectivity index (χ0) is 22.8. The van der Waals surface area contributed by atoms with Gasteiger partial charge in [0.05, 0.1) is 9.82 Å². The standard InChI is InChI=1S/C20H22N6O4S/c1-13-5-10-17(12-18(13)26(27)28)31(29,30)24-16-8-6-15(7-9-16)22-20-21-14(2)11-19(23-20)25(3)4/h5-12,24H,1-4H3,(H,21,22,23). The van der Waals surface area contributed by atoms with Gasteiger partial charge in [-0.1, -0.05) is 6.07 Å². The topological polar surface area (TPSA) is 130 Å². The van der Waals surface area contributed by atoms with Crippen LogP contribution in [0.3, 0.4) is 0 Å². The molecule has 3 aromatic rings. The molecule has 10 nitrogen and oxygen atoms in total. The number of nitrogens with one attached hydrogen (secondary N) is 2. The van der Waals surface area contributed by atoms with Crippen LogP contribution < -0.4 is 14.9 Å². The molecular formula is C20H22N6O4S. The summed E-state index contributed by atoms with van der Waals surface area (Å²) in [6.45, 7) is 3.42. The third-order valence-corrected chi connectivity index (χ3v) is 5.76. The van der Waals surface area contributed by atoms with Crippen LogP contribution in [0, 0.1) is 24.0 Å². The Hall–Kier alpha value is -3.73. The molecule has 162 valence electrons. The summed E-state index contributed by atoms with van der Waals surface area (Å²) in [5.41, 5.74) is 1.92. The van der Waals surface area contributed by atoms with Crippen LogP contribution in [0.2, 0.25) is 0 Å². The quantitative estimate of drug-likeness (QED) is 0.419. The van der Waals surface area contributed by atoms with Crippen molar-refractivity contribution in [3.63, 3.8) is 0 Å². The molecule has 0 spiro atoms. The Morgan fingerprint density at radius 1 is 0.968 bits per heavy atom. The highest BCUT2D eigenvalue weighted by Crippen LogP contribution is 2.25. The van der Waals surface area contributed by atoms with Gasteiger partial charge in [-0.3, -0.25) is 14.8 Å². The molecule has 0 aliphatic carbocycles. The van der Waals surface area contributed by atoms with E-state index in [2.05, 4.69) is 20.0 Å². The number of hydrogen-bond donors (Lipinski definition) is 2. The predicted molar refractivity (Wildman–Crippen MR) is 119 cm³/mol. The number of nitrogens with zero attached hydrogens (tertiary/aromatic N) is 4. The van der Waals surface area contributed by atoms with Crippen LogP contribution in [0.15, 0.2) is 53.4 Å². The molecular weight excluding hydrogens is 420 g/mol. The SMILES string of the molecule is Cc1cc(N(C)C)nc(Nc2ccc(NS(=O)(=O)c3ccc(C)c([N+](=O)[O-])c3)cc2)n1. The number of benzene rings is 2. The van der Waals surface area contributed by atoms with E-state index in [1.165, 1.54) is 12.1 Å². The lowest BCUT2D eigenvalue weighted by molar-refractivity contribution is -0.385. The zero-order valence-electron chi connectivity index (χ0n) is 17.4. The summed E-state index contributed by atoms with van der Waals surface area (Å²) < 4.78 is 27.7. The van der Waals surface area contributed by atoms with Crippen LogP contribution >= 0.6 is 0 Å². The normalized spacial score (nSPS) is 11.1. The largest absolute Gasteiger partial charge is 0.363 e. The van der Waals surface area contributed by atoms with Crippen molar-refractivity contribution < 1.29 is 13.3 Å². The maximum Gasteiger partial charge on any atom is 0.273 e. The second-order valence-corrected chi connectivity index (χ2v) is 8.78. The summed E-state index contributed by atoms with van der Waals surface area (Å²) in [4.78, 5) is 20.9. The number of sulfonamides is 1. The van der Waals surface area contributed by atoms with E-state index in [1.807, 2.05) is 32.0 Å². The Kier molecular flexibility index (Phi) is 6.07. The summed E-state index contributed by atoms with van der Waals surface area (Å²) in [6.07, 6.45) is 0. The van der Waals surface area contributed by atoms with Gasteiger partial charge in [-0.05, 0) is 44.2 Å². The lowest BCUT2D eigenvalue weighted by Gasteiger charge is -2.14. The average Bonchev–Trinajstić information content (AvgIpc) is 2.68. The molecule has 1 heterocycles. The minimum absolute atomic E-state index is 0.184. The van der Waals surface area contributed by atoms with Gasteiger partial charge in [0.1, 0.15) is 5.82 Å². The van der Waals surface area contributed by atoms with Crippen LogP contribution in [-0.4, -0.2) is 37.4 Å². The molecule has 0 atom stereocenters. The zero-order valence-corrected chi connectivity index (χ0v) is 18.3. The Morgan fingerprint density at radius 3 is 2.23 bits per heavy atom. The van der Waals surface area contributed by atoms with E-state index in [-0.39, 0.29) is 10.6 Å². The van der Waals surface area contributed by atoms with E-state index in [0.29, 0.717) is 22.9 Å². The Morgan fingerprint density at radius 2 is 1.61 bits per heavy atom. The van der Waals surface area contributed by atoms with Gasteiger partial charge < -0.3 is 10.2 Å². The highest BCUT2D eigenvalue weighted by atomic mass is 32.2. The molecule has 0 fully saturated rings. The highest BCUT2D eigenvalue weighted by molar-refractivity contribution is 7.92. The Balaban J connectivity index is 1.78. The number of aromatic nitrogens is 2. The molecule has 2 aromatic carbocycles. The fraction of sp³-hybridized carbons (Fsp3) is 0.200. The van der Waals surface area contributed by atoms with E-state index in [0.717, 1.165) is 17.6 Å². The van der Waals surface area contributed by atoms with Crippen molar-refractivity contribution in [1.82, 2.24) is 9.97 Å². The molecule has 2 N–H and O–H groups in total. The first-order chi connectivity index (χ1) is 14.5. The Labute approximate surface area is 180 Å². The molecule has 0 radical (unpaired) electrons. The van der Waals surface area contributed by atoms with Gasteiger partial charge in [0.15, 0.2) is 0 Å². The predicted octanol–water partition coefficient (Wildman–Crippen LogP) is 3.61. The number of aryl methyl sites for hydroxylation is 2. The number of nitro benzene ring substituents is 1. The fourth-order valence-corrected chi connectivity index (χ4v) is 3.83. The fourth-order valence-electron chi connectivity index (χ4n) is 2.75. The molecule has 31 heavy (non-hydrogen) atoms. The van der Waals surface area contributed by atoms with Gasteiger partial charge in [-0.2, -0.15) is 4.98 Å². The molecule has 0 bridgehead atoms. The summed E-state index contributed by atoms with van der Waals surface area (Å²) in [6, 6.07) is 12.1. The lowest BCUT2D eigenvalue weighted by Crippen LogP contribution is -2.13. The second-order valence-electron chi connectivity index (χ2n) is 7.10. The minimum atomic E-state index is -3.98. The van der Waals surface area contributed by atoms with Gasteiger partial charge in [-0.15, -0.1) is 0 Å². The van der Waals surface area contributed by atoms with Crippen LogP contribution in [0.25, 0.3) is 0 Å². The van der Waals surface area contributed by atoms with Crippen molar-refractivity contribution in [1.29, 1.82) is 0 Å². The first-order valence-electron chi connectivity index (χ1n) is 9.23. The molecule has 0 aliphatic rings. The van der Waals surface area contributed by atoms with Crippen molar-refractivity contribution in [2.75, 3.05) is 29.0 Å². The average molecular weight is 443 g/mol. The van der Waals surface area contributed by atoms with Gasteiger partial charge in [0.25, 0.3) is 15.7 Å². The molecule has 0 amide bonds. The van der Waals surface area contributed by atoms with Crippen LogP contribution in [0.4, 0.5) is 28.8 Å². The monoisotopic (exact) mass is 442 g/mol. The molecule has 0 saturated heterocycles. The van der Waals surface area contributed by atoms with Crippen molar-refractivity contribution >= 4 is 38.9 Å². The molecule has 0 unspecified atom stereocenters. The van der Waals surface area contributed by atoms with Crippen molar-refractivity contribution in [2.45, 2.75) is 18.7 Å². The Bertz CT molecular complexity index is 1230. The smallest absolute Gasteiger partial charge is 0.273 e. The molecule has 0 saturated carbocycles. The number of anilines is 4. The molecule has 11 heteroatoms. The third kappa shape index (κ3) is 5.25. The maximum atomic E-state index is 12.6. The summed E-state index contributed by atoms with van der Waals surface area (Å²) in [5, 5.41) is 14.2. The lowest BCUT2D eigenvalue weighted by atomic mass is 10.2. The van der Waals surface area contributed by atoms with E-state index in [4.69, 9.17) is 0 Å². The highest BCUT2D eigenvalue weighted by Gasteiger charge is 2.20. The van der Waals surface area contributed by atoms with E-state index in [1.54, 1.807) is 31.2 Å². The van der Waals surface area contributed by atoms with Gasteiger partial charge >= 0.3 is 0 Å². The van der Waals surface area contributed by atoms with E-state index < -0.39 is 14.9 Å². The van der Waals surface area contributed by atoms with Crippen molar-refractivity contribution in [3.8, 4) is 0 Å². The second kappa shape index (κ2) is 8.56. The first-order valence-corrected chi connectivity index (χ1v) is 10.7. The molecule has 3 rings (SSSR count). The van der Waals surface area contributed by atoms with Crippen LogP contribution in [0.1, 0.15) is 11.3 Å². The van der Waals surface area contributed by atoms with Crippen molar-refractivity contribution in [3.05, 3.63) is 69.9 Å². The molecule has 0 aliphatic heterocycles. The summed E-state index contributed by atoms with van der Waals surface area (Å²) >= 11 is 0. The van der Waals surface area contributed by atoms with Crippen LogP contribution in [-0.2, 0) is 10.0 Å². The van der Waals surface area contributed by atoms with Gasteiger partial charge in [-0.25, -0.2) is 13.4 Å². The van der Waals surface area contributed by atoms with Crippen molar-refractivity contribution in [2.24, 2.45) is 0 Å². The number of rotatable bonds is 7. The van der Waals surface area contributed by atoms with Gasteiger partial charge in [0.2, 0.25) is 5.95 Å². The van der Waals surface area contributed by atoms with E-state index in [9.17, 15) is 18.5 Å². The summed E-state index contributed by atoms with van der Waals surface area (Å²) in [5.74, 6) is 1.18. The van der Waals surface area contributed by atoms with E-state index >= 15 is 0 Å². The van der Waals surface area contributed by atoms with Crippen LogP contribution in [0.5, 0.6) is 0 Å². The summed E-state index contributed by atoms with van der Waals surface area (Å²) in [7, 11) is -0.216. The number of nitro groups is 1. The van der Waals surface area contributed by atoms with Gasteiger partial charge in [0, 0.05) is 48.9 Å². The number of hydrogen-bond acceptors (Lipinski definition) is 8.